The van der Waals surface area contributed by atoms with Gasteiger partial charge in [0.15, 0.2) is 5.82 Å². The van der Waals surface area contributed by atoms with Crippen LogP contribution in [0.25, 0.3) is 0 Å². The summed E-state index contributed by atoms with van der Waals surface area (Å²) in [5.41, 5.74) is 2.84. The minimum Gasteiger partial charge on any atom is -0.369 e. The number of fused-ring (bicyclic) bond motifs is 1. The lowest BCUT2D eigenvalue weighted by atomic mass is 9.99. The molecule has 2 N–H and O–H groups in total. The molecule has 0 saturated heterocycles. The zero-order chi connectivity index (χ0) is 12.6. The Morgan fingerprint density at radius 2 is 1.56 bits per heavy atom. The normalized spacial score (nSPS) is 18.5. The van der Waals surface area contributed by atoms with Gasteiger partial charge in [-0.25, -0.2) is 0 Å². The first-order valence-corrected chi connectivity index (χ1v) is 7.71. The zero-order valence-electron chi connectivity index (χ0n) is 11.7. The van der Waals surface area contributed by atoms with Gasteiger partial charge in [-0.15, -0.1) is 0 Å². The number of nitrogens with zero attached hydrogens (tertiary/aromatic N) is 1. The highest BCUT2D eigenvalue weighted by atomic mass is 15.2. The van der Waals surface area contributed by atoms with Gasteiger partial charge in [0.05, 0.1) is 0 Å². The Balaban J connectivity index is 2.04. The molecule has 0 aromatic carbocycles. The molecule has 0 fully saturated rings. The highest BCUT2D eigenvalue weighted by molar-refractivity contribution is 5.46. The molecule has 1 aromatic heterocycles. The lowest BCUT2D eigenvalue weighted by Crippen LogP contribution is -2.02. The molecule has 0 spiro atoms. The molecule has 0 radical (unpaired) electrons. The van der Waals surface area contributed by atoms with Crippen LogP contribution in [0.5, 0.6) is 0 Å². The largest absolute Gasteiger partial charge is 0.369 e. The van der Waals surface area contributed by atoms with E-state index in [0.717, 1.165) is 12.4 Å². The second-order valence-electron chi connectivity index (χ2n) is 5.39. The molecule has 1 heterocycles. The van der Waals surface area contributed by atoms with Crippen LogP contribution in [0, 0.1) is 0 Å². The number of hydrogen-bond acceptors (Lipinski definition) is 2. The number of anilines is 1. The van der Waals surface area contributed by atoms with E-state index in [1.165, 1.54) is 75.5 Å². The smallest absolute Gasteiger partial charge is 0.151 e. The first-order chi connectivity index (χ1) is 8.92. The highest BCUT2D eigenvalue weighted by Crippen LogP contribution is 2.23. The maximum absolute atomic E-state index is 4.44. The van der Waals surface area contributed by atoms with E-state index in [0.29, 0.717) is 0 Å². The van der Waals surface area contributed by atoms with Crippen molar-refractivity contribution in [1.29, 1.82) is 0 Å². The molecule has 3 heteroatoms. The summed E-state index contributed by atoms with van der Waals surface area (Å²) in [7, 11) is 0. The standard InChI is InChI=1S/C15H27N3/c1-2-16-15-13-11-9-7-5-3-4-6-8-10-12-14(13)17-18-15/h2-12H2,1H3,(H2,16,17,18). The lowest BCUT2D eigenvalue weighted by molar-refractivity contribution is 0.558. The Bertz CT molecular complexity index is 344. The van der Waals surface area contributed by atoms with E-state index >= 15 is 0 Å². The highest BCUT2D eigenvalue weighted by Gasteiger charge is 2.12. The fraction of sp³-hybridized carbons (Fsp3) is 0.800. The van der Waals surface area contributed by atoms with E-state index < -0.39 is 0 Å². The van der Waals surface area contributed by atoms with Crippen molar-refractivity contribution in [2.45, 2.75) is 71.1 Å². The zero-order valence-corrected chi connectivity index (χ0v) is 11.7. The summed E-state index contributed by atoms with van der Waals surface area (Å²) in [4.78, 5) is 0. The summed E-state index contributed by atoms with van der Waals surface area (Å²) >= 11 is 0. The summed E-state index contributed by atoms with van der Waals surface area (Å²) in [5.74, 6) is 1.10. The summed E-state index contributed by atoms with van der Waals surface area (Å²) in [6, 6.07) is 0. The van der Waals surface area contributed by atoms with Crippen LogP contribution in [0.4, 0.5) is 5.82 Å². The Morgan fingerprint density at radius 1 is 0.944 bits per heavy atom. The number of H-pyrrole nitrogens is 1. The van der Waals surface area contributed by atoms with Crippen LogP contribution in [0.2, 0.25) is 0 Å². The van der Waals surface area contributed by atoms with Crippen molar-refractivity contribution in [1.82, 2.24) is 10.2 Å². The molecule has 18 heavy (non-hydrogen) atoms. The Kier molecular flexibility index (Phi) is 5.56. The van der Waals surface area contributed by atoms with Gasteiger partial charge in [-0.1, -0.05) is 38.5 Å². The average molecular weight is 249 g/mol. The Hall–Kier alpha value is -0.990. The van der Waals surface area contributed by atoms with E-state index in [-0.39, 0.29) is 0 Å². The van der Waals surface area contributed by atoms with Crippen LogP contribution in [-0.2, 0) is 12.8 Å². The van der Waals surface area contributed by atoms with E-state index in [2.05, 4.69) is 22.4 Å². The van der Waals surface area contributed by atoms with Crippen molar-refractivity contribution in [2.75, 3.05) is 11.9 Å². The van der Waals surface area contributed by atoms with Gasteiger partial charge in [0.1, 0.15) is 0 Å². The first-order valence-electron chi connectivity index (χ1n) is 7.71. The molecule has 0 amide bonds. The summed E-state index contributed by atoms with van der Waals surface area (Å²) < 4.78 is 0. The van der Waals surface area contributed by atoms with Crippen molar-refractivity contribution in [3.8, 4) is 0 Å². The number of aromatic nitrogens is 2. The summed E-state index contributed by atoms with van der Waals surface area (Å²) in [6.07, 6.45) is 13.4. The number of rotatable bonds is 2. The summed E-state index contributed by atoms with van der Waals surface area (Å²) in [5, 5.41) is 11.1. The molecule has 0 saturated carbocycles. The molecular formula is C15H27N3. The van der Waals surface area contributed by atoms with Crippen LogP contribution < -0.4 is 5.32 Å². The van der Waals surface area contributed by atoms with Crippen molar-refractivity contribution < 1.29 is 0 Å². The second kappa shape index (κ2) is 7.45. The molecule has 0 aliphatic heterocycles. The predicted molar refractivity (Wildman–Crippen MR) is 77.1 cm³/mol. The van der Waals surface area contributed by atoms with Gasteiger partial charge in [-0.3, -0.25) is 5.10 Å². The van der Waals surface area contributed by atoms with Gasteiger partial charge >= 0.3 is 0 Å². The molecule has 3 nitrogen and oxygen atoms in total. The van der Waals surface area contributed by atoms with E-state index in [1.54, 1.807) is 0 Å². The van der Waals surface area contributed by atoms with E-state index in [9.17, 15) is 0 Å². The van der Waals surface area contributed by atoms with Crippen LogP contribution in [0.3, 0.4) is 0 Å². The van der Waals surface area contributed by atoms with Crippen molar-refractivity contribution >= 4 is 5.82 Å². The van der Waals surface area contributed by atoms with E-state index in [1.807, 2.05) is 0 Å². The predicted octanol–water partition coefficient (Wildman–Crippen LogP) is 4.06. The van der Waals surface area contributed by atoms with Gasteiger partial charge in [0.25, 0.3) is 0 Å². The second-order valence-corrected chi connectivity index (χ2v) is 5.39. The van der Waals surface area contributed by atoms with Gasteiger partial charge in [0.2, 0.25) is 0 Å². The minimum absolute atomic E-state index is 0.956. The molecular weight excluding hydrogens is 222 g/mol. The molecule has 1 aliphatic carbocycles. The van der Waals surface area contributed by atoms with Crippen molar-refractivity contribution in [3.63, 3.8) is 0 Å². The van der Waals surface area contributed by atoms with Gasteiger partial charge < -0.3 is 5.32 Å². The minimum atomic E-state index is 0.956. The Labute approximate surface area is 111 Å². The maximum Gasteiger partial charge on any atom is 0.151 e. The molecule has 0 bridgehead atoms. The Morgan fingerprint density at radius 3 is 2.22 bits per heavy atom. The molecule has 102 valence electrons. The van der Waals surface area contributed by atoms with Gasteiger partial charge in [0, 0.05) is 17.8 Å². The fourth-order valence-corrected chi connectivity index (χ4v) is 2.86. The van der Waals surface area contributed by atoms with Gasteiger partial charge in [-0.05, 0) is 32.6 Å². The first kappa shape index (κ1) is 13.4. The monoisotopic (exact) mass is 249 g/mol. The molecule has 1 aliphatic rings. The SMILES string of the molecule is CCNc1n[nH]c2c1CCCCCCCCCC2. The van der Waals surface area contributed by atoms with Crippen LogP contribution in [0.15, 0.2) is 0 Å². The molecule has 0 unspecified atom stereocenters. The van der Waals surface area contributed by atoms with Crippen molar-refractivity contribution in [3.05, 3.63) is 11.3 Å². The fourth-order valence-electron chi connectivity index (χ4n) is 2.86. The third kappa shape index (κ3) is 3.76. The number of aromatic amines is 1. The maximum atomic E-state index is 4.44. The van der Waals surface area contributed by atoms with Crippen LogP contribution in [0.1, 0.15) is 69.5 Å². The van der Waals surface area contributed by atoms with Crippen LogP contribution in [-0.4, -0.2) is 16.7 Å². The average Bonchev–Trinajstić information content (AvgIpc) is 2.72. The number of aryl methyl sites for hydroxylation is 1. The van der Waals surface area contributed by atoms with Crippen LogP contribution >= 0.6 is 0 Å². The summed E-state index contributed by atoms with van der Waals surface area (Å²) in [6.45, 7) is 3.09. The van der Waals surface area contributed by atoms with E-state index in [4.69, 9.17) is 0 Å². The molecule has 0 atom stereocenters. The lowest BCUT2D eigenvalue weighted by Gasteiger charge is -2.09. The van der Waals surface area contributed by atoms with Gasteiger partial charge in [-0.2, -0.15) is 5.10 Å². The third-order valence-electron chi connectivity index (χ3n) is 3.90. The number of hydrogen-bond donors (Lipinski definition) is 2. The quantitative estimate of drug-likeness (QED) is 0.829. The van der Waals surface area contributed by atoms with Crippen molar-refractivity contribution in [2.24, 2.45) is 0 Å². The third-order valence-corrected chi connectivity index (χ3v) is 3.90. The number of nitrogens with one attached hydrogen (secondary N) is 2. The topological polar surface area (TPSA) is 40.7 Å². The molecule has 1 aromatic rings. The molecule has 2 rings (SSSR count).